The molecule has 7 unspecified atom stereocenters. The molecule has 4 N–H and O–H groups in total. The van der Waals surface area contributed by atoms with E-state index in [1.807, 2.05) is 0 Å². The first-order valence-corrected chi connectivity index (χ1v) is 10.1. The van der Waals surface area contributed by atoms with Gasteiger partial charge in [0.05, 0.1) is 18.7 Å². The van der Waals surface area contributed by atoms with Crippen LogP contribution in [-0.2, 0) is 35.1 Å². The lowest BCUT2D eigenvalue weighted by Gasteiger charge is -2.52. The number of methoxy groups -OCH3 is 2. The Labute approximate surface area is 182 Å². The third kappa shape index (κ3) is 3.09. The summed E-state index contributed by atoms with van der Waals surface area (Å²) in [6.07, 6.45) is -0.128. The topological polar surface area (TPSA) is 145 Å². The van der Waals surface area contributed by atoms with E-state index in [1.165, 1.54) is 19.2 Å². The molecule has 4 rings (SSSR count). The average molecular weight is 446 g/mol. The van der Waals surface area contributed by atoms with Crippen molar-refractivity contribution in [3.05, 3.63) is 47.3 Å². The van der Waals surface area contributed by atoms with E-state index in [0.29, 0.717) is 5.56 Å². The van der Waals surface area contributed by atoms with Crippen LogP contribution in [0.5, 0.6) is 0 Å². The van der Waals surface area contributed by atoms with Gasteiger partial charge in [-0.15, -0.1) is 0 Å². The number of primary amides is 1. The average Bonchev–Trinajstić information content (AvgIpc) is 2.92. The fourth-order valence-corrected chi connectivity index (χ4v) is 5.47. The van der Waals surface area contributed by atoms with Gasteiger partial charge in [0.2, 0.25) is 11.6 Å². The van der Waals surface area contributed by atoms with Crippen LogP contribution in [0.4, 0.5) is 4.39 Å². The standard InChI is InChI=1S/C22H23FN2O7/c1-31-20(29)12-8-22(32-2,21(24)30)14-13-11(7-9-3-5-10(23)6-4-9)15(19(28)18(13)27)25-16(14)17(12)26/h3-6,8,11,13-17,25-26H,7H2,1-2H3,(H2,24,30). The highest BCUT2D eigenvalue weighted by Crippen LogP contribution is 2.50. The normalized spacial score (nSPS) is 35.8. The zero-order valence-electron chi connectivity index (χ0n) is 17.4. The van der Waals surface area contributed by atoms with Crippen molar-refractivity contribution >= 4 is 23.4 Å². The highest BCUT2D eigenvalue weighted by atomic mass is 19.1. The fraction of sp³-hybridized carbons (Fsp3) is 0.455. The number of carbonyl (C=O) groups excluding carboxylic acids is 4. The molecule has 2 fully saturated rings. The summed E-state index contributed by atoms with van der Waals surface area (Å²) in [5.74, 6) is -6.33. The number of hydrogen-bond donors (Lipinski definition) is 3. The van der Waals surface area contributed by atoms with Crippen LogP contribution in [0.15, 0.2) is 35.9 Å². The highest BCUT2D eigenvalue weighted by Gasteiger charge is 2.67. The van der Waals surface area contributed by atoms with E-state index in [4.69, 9.17) is 15.2 Å². The molecule has 1 saturated carbocycles. The van der Waals surface area contributed by atoms with Crippen molar-refractivity contribution in [1.82, 2.24) is 5.32 Å². The Bertz CT molecular complexity index is 1020. The third-order valence-corrected chi connectivity index (χ3v) is 6.92. The zero-order valence-corrected chi connectivity index (χ0v) is 17.4. The maximum absolute atomic E-state index is 13.3. The van der Waals surface area contributed by atoms with E-state index in [1.54, 1.807) is 12.1 Å². The zero-order chi connectivity index (χ0) is 23.4. The number of benzene rings is 1. The van der Waals surface area contributed by atoms with Gasteiger partial charge in [0.1, 0.15) is 11.9 Å². The van der Waals surface area contributed by atoms with Gasteiger partial charge >= 0.3 is 5.97 Å². The van der Waals surface area contributed by atoms with Crippen molar-refractivity contribution < 1.29 is 38.1 Å². The van der Waals surface area contributed by atoms with Gasteiger partial charge in [0.15, 0.2) is 5.60 Å². The molecule has 0 spiro atoms. The van der Waals surface area contributed by atoms with Gasteiger partial charge in [0, 0.05) is 25.0 Å². The Balaban J connectivity index is 1.84. The number of nitrogens with one attached hydrogen (secondary N) is 1. The maximum Gasteiger partial charge on any atom is 0.336 e. The van der Waals surface area contributed by atoms with Crippen LogP contribution in [0.25, 0.3) is 0 Å². The molecule has 0 aromatic heterocycles. The molecule has 2 bridgehead atoms. The van der Waals surface area contributed by atoms with E-state index in [0.717, 1.165) is 13.2 Å². The number of esters is 1. The molecule has 1 aliphatic heterocycles. The smallest absolute Gasteiger partial charge is 0.336 e. The number of nitrogens with two attached hydrogens (primary N) is 1. The van der Waals surface area contributed by atoms with Gasteiger partial charge < -0.3 is 25.6 Å². The van der Waals surface area contributed by atoms with Crippen molar-refractivity contribution in [2.45, 2.75) is 30.2 Å². The first-order chi connectivity index (χ1) is 15.2. The minimum absolute atomic E-state index is 0.242. The molecule has 170 valence electrons. The molecule has 9 nitrogen and oxygen atoms in total. The molecule has 32 heavy (non-hydrogen) atoms. The monoisotopic (exact) mass is 446 g/mol. The van der Waals surface area contributed by atoms with Crippen LogP contribution in [0, 0.1) is 23.6 Å². The minimum atomic E-state index is -1.95. The number of ketones is 2. The Hall–Kier alpha value is -2.95. The van der Waals surface area contributed by atoms with E-state index < -0.39 is 70.8 Å². The summed E-state index contributed by atoms with van der Waals surface area (Å²) in [6, 6.07) is 3.66. The second-order valence-electron chi connectivity index (χ2n) is 8.34. The number of Topliss-reactive ketones (excluding diaryl/α,β-unsaturated/α-hetero) is 2. The van der Waals surface area contributed by atoms with Gasteiger partial charge in [-0.3, -0.25) is 14.4 Å². The first kappa shape index (κ1) is 22.3. The van der Waals surface area contributed by atoms with E-state index in [2.05, 4.69) is 5.32 Å². The Morgan fingerprint density at radius 2 is 1.84 bits per heavy atom. The van der Waals surface area contributed by atoms with E-state index >= 15 is 0 Å². The number of aliphatic hydroxyl groups is 1. The van der Waals surface area contributed by atoms with Crippen molar-refractivity contribution in [3.8, 4) is 0 Å². The maximum atomic E-state index is 13.3. The lowest BCUT2D eigenvalue weighted by molar-refractivity contribution is -0.157. The Morgan fingerprint density at radius 3 is 2.41 bits per heavy atom. The summed E-state index contributed by atoms with van der Waals surface area (Å²) >= 11 is 0. The quantitative estimate of drug-likeness (QED) is 0.388. The van der Waals surface area contributed by atoms with Gasteiger partial charge in [-0.2, -0.15) is 0 Å². The van der Waals surface area contributed by atoms with E-state index in [9.17, 15) is 28.7 Å². The van der Waals surface area contributed by atoms with Crippen molar-refractivity contribution in [3.63, 3.8) is 0 Å². The summed E-state index contributed by atoms with van der Waals surface area (Å²) in [7, 11) is 2.32. The highest BCUT2D eigenvalue weighted by molar-refractivity contribution is 6.42. The predicted molar refractivity (Wildman–Crippen MR) is 106 cm³/mol. The second-order valence-corrected chi connectivity index (χ2v) is 8.34. The van der Waals surface area contributed by atoms with Gasteiger partial charge in [-0.1, -0.05) is 12.1 Å². The number of hydrogen-bond acceptors (Lipinski definition) is 8. The van der Waals surface area contributed by atoms with Crippen LogP contribution in [0.3, 0.4) is 0 Å². The first-order valence-electron chi connectivity index (χ1n) is 10.1. The van der Waals surface area contributed by atoms with Crippen LogP contribution in [-0.4, -0.2) is 66.6 Å². The number of amides is 1. The van der Waals surface area contributed by atoms with Gasteiger partial charge in [-0.05, 0) is 36.1 Å². The van der Waals surface area contributed by atoms with Crippen molar-refractivity contribution in [2.24, 2.45) is 23.5 Å². The van der Waals surface area contributed by atoms with E-state index in [-0.39, 0.29) is 12.0 Å². The molecule has 0 radical (unpaired) electrons. The SMILES string of the molecule is COC(=O)C1=CC(OC)(C(N)=O)C2C(NC3C(=O)C(=O)C2C3Cc2ccc(F)cc2)C1O. The molecule has 1 saturated heterocycles. The van der Waals surface area contributed by atoms with Gasteiger partial charge in [0.25, 0.3) is 5.91 Å². The Kier molecular flexibility index (Phi) is 5.48. The molecule has 1 amide bonds. The summed E-state index contributed by atoms with van der Waals surface area (Å²) in [5.41, 5.74) is 4.18. The largest absolute Gasteiger partial charge is 0.466 e. The lowest BCUT2D eigenvalue weighted by Crippen LogP contribution is -2.70. The summed E-state index contributed by atoms with van der Waals surface area (Å²) in [6.45, 7) is 0. The molecular formula is C22H23FN2O7. The van der Waals surface area contributed by atoms with Crippen LogP contribution >= 0.6 is 0 Å². The number of carbonyl (C=O) groups is 4. The number of halogens is 1. The second kappa shape index (κ2) is 7.88. The number of rotatable bonds is 5. The number of aliphatic hydroxyl groups excluding tert-OH is 1. The summed E-state index contributed by atoms with van der Waals surface area (Å²) in [5, 5.41) is 13.9. The molecule has 1 aromatic rings. The predicted octanol–water partition coefficient (Wildman–Crippen LogP) is -0.947. The summed E-state index contributed by atoms with van der Waals surface area (Å²) < 4.78 is 23.5. The molecule has 3 aliphatic rings. The molecule has 10 heteroatoms. The van der Waals surface area contributed by atoms with Crippen LogP contribution in [0.1, 0.15) is 5.56 Å². The Morgan fingerprint density at radius 1 is 1.19 bits per heavy atom. The molecule has 1 heterocycles. The number of piperidine rings is 1. The number of ether oxygens (including phenoxy) is 2. The third-order valence-electron chi connectivity index (χ3n) is 6.92. The summed E-state index contributed by atoms with van der Waals surface area (Å²) in [4.78, 5) is 50.8. The molecule has 7 atom stereocenters. The lowest BCUT2D eigenvalue weighted by atomic mass is 9.60. The van der Waals surface area contributed by atoms with Crippen LogP contribution in [0.2, 0.25) is 0 Å². The molecule has 1 aromatic carbocycles. The van der Waals surface area contributed by atoms with Gasteiger partial charge in [-0.25, -0.2) is 9.18 Å². The molecule has 2 aliphatic carbocycles. The minimum Gasteiger partial charge on any atom is -0.466 e. The van der Waals surface area contributed by atoms with Crippen molar-refractivity contribution in [2.75, 3.05) is 14.2 Å². The number of fused-ring (bicyclic) bond motifs is 4. The fourth-order valence-electron chi connectivity index (χ4n) is 5.47. The van der Waals surface area contributed by atoms with Crippen LogP contribution < -0.4 is 11.1 Å². The van der Waals surface area contributed by atoms with Crippen molar-refractivity contribution in [1.29, 1.82) is 0 Å². The molecular weight excluding hydrogens is 423 g/mol.